The molecule has 76 valence electrons. The lowest BCUT2D eigenvalue weighted by atomic mass is 9.97. The molecule has 13 heavy (non-hydrogen) atoms. The molecule has 0 aliphatic carbocycles. The van der Waals surface area contributed by atoms with Crippen molar-refractivity contribution in [3.8, 4) is 0 Å². The Morgan fingerprint density at radius 1 is 1.46 bits per heavy atom. The van der Waals surface area contributed by atoms with Crippen molar-refractivity contribution in [3.63, 3.8) is 0 Å². The molecule has 1 aliphatic heterocycles. The van der Waals surface area contributed by atoms with Gasteiger partial charge in [-0.3, -0.25) is 4.79 Å². The minimum atomic E-state index is -1.23. The Morgan fingerprint density at radius 3 is 2.62 bits per heavy atom. The largest absolute Gasteiger partial charge is 0.390 e. The van der Waals surface area contributed by atoms with Gasteiger partial charge in [0.1, 0.15) is 12.2 Å². The maximum absolute atomic E-state index is 11.2. The summed E-state index contributed by atoms with van der Waals surface area (Å²) in [5.41, 5.74) is 0. The maximum atomic E-state index is 11.2. The van der Waals surface area contributed by atoms with Crippen LogP contribution in [-0.2, 0) is 9.53 Å². The zero-order valence-electron chi connectivity index (χ0n) is 7.38. The highest BCUT2D eigenvalue weighted by Crippen LogP contribution is 2.20. The zero-order chi connectivity index (χ0) is 10.0. The van der Waals surface area contributed by atoms with Crippen LogP contribution >= 0.6 is 0 Å². The zero-order valence-corrected chi connectivity index (χ0v) is 7.38. The van der Waals surface area contributed by atoms with Crippen LogP contribution in [0, 0.1) is 0 Å². The van der Waals surface area contributed by atoms with Gasteiger partial charge in [0, 0.05) is 12.8 Å². The number of Topliss-reactive ketones (excluding diaryl/α,β-unsaturated/α-hetero) is 1. The van der Waals surface area contributed by atoms with E-state index in [0.29, 0.717) is 0 Å². The number of hydrogen-bond acceptors (Lipinski definition) is 5. The van der Waals surface area contributed by atoms with Gasteiger partial charge in [-0.05, 0) is 0 Å². The Balaban J connectivity index is 2.66. The molecule has 1 aliphatic rings. The van der Waals surface area contributed by atoms with E-state index in [1.165, 1.54) is 0 Å². The molecule has 0 radical (unpaired) electrons. The monoisotopic (exact) mass is 190 g/mol. The van der Waals surface area contributed by atoms with Gasteiger partial charge in [-0.2, -0.15) is 0 Å². The summed E-state index contributed by atoms with van der Waals surface area (Å²) in [4.78, 5) is 11.2. The number of carbonyl (C=O) groups is 1. The second kappa shape index (κ2) is 4.15. The Labute approximate surface area is 75.9 Å². The fraction of sp³-hybridized carbons (Fsp3) is 0.875. The molecule has 0 aromatic carbocycles. The van der Waals surface area contributed by atoms with Crippen molar-refractivity contribution >= 4 is 5.78 Å². The third-order valence-corrected chi connectivity index (χ3v) is 2.12. The van der Waals surface area contributed by atoms with Gasteiger partial charge in [0.15, 0.2) is 12.1 Å². The summed E-state index contributed by atoms with van der Waals surface area (Å²) < 4.78 is 4.82. The first-order chi connectivity index (χ1) is 6.06. The van der Waals surface area contributed by atoms with Crippen LogP contribution < -0.4 is 0 Å². The highest BCUT2D eigenvalue weighted by Gasteiger charge is 2.39. The minimum Gasteiger partial charge on any atom is -0.390 e. The van der Waals surface area contributed by atoms with Gasteiger partial charge in [0.25, 0.3) is 0 Å². The lowest BCUT2D eigenvalue weighted by Gasteiger charge is -2.33. The van der Waals surface area contributed by atoms with E-state index in [0.717, 1.165) is 0 Å². The van der Waals surface area contributed by atoms with E-state index in [1.54, 1.807) is 6.92 Å². The normalized spacial score (nSPS) is 40.3. The molecular weight excluding hydrogens is 176 g/mol. The van der Waals surface area contributed by atoms with E-state index in [4.69, 9.17) is 9.84 Å². The Kier molecular flexibility index (Phi) is 3.38. The quantitative estimate of drug-likeness (QED) is 0.509. The third kappa shape index (κ3) is 2.25. The third-order valence-electron chi connectivity index (χ3n) is 2.12. The van der Waals surface area contributed by atoms with Crippen LogP contribution in [0.1, 0.15) is 19.8 Å². The molecule has 5 heteroatoms. The molecule has 1 rings (SSSR count). The topological polar surface area (TPSA) is 87.0 Å². The Hall–Kier alpha value is -0.490. The first-order valence-corrected chi connectivity index (χ1v) is 4.28. The van der Waals surface area contributed by atoms with Crippen molar-refractivity contribution in [2.45, 2.75) is 44.4 Å². The van der Waals surface area contributed by atoms with Gasteiger partial charge in [0.05, 0.1) is 6.10 Å². The fourth-order valence-electron chi connectivity index (χ4n) is 1.32. The Bertz CT molecular complexity index is 193. The fourth-order valence-corrected chi connectivity index (χ4v) is 1.32. The lowest BCUT2D eigenvalue weighted by molar-refractivity contribution is -0.228. The number of ketones is 1. The molecule has 0 saturated carbocycles. The van der Waals surface area contributed by atoms with Crippen molar-refractivity contribution in [1.29, 1.82) is 0 Å². The highest BCUT2D eigenvalue weighted by molar-refractivity contribution is 5.83. The first-order valence-electron chi connectivity index (χ1n) is 4.28. The SMILES string of the molecule is CCC(=O)[C@H]1O[C@@H](O)C[C@@H](O)[C@@H]1O. The molecule has 0 amide bonds. The molecule has 0 aromatic rings. The van der Waals surface area contributed by atoms with E-state index < -0.39 is 24.6 Å². The van der Waals surface area contributed by atoms with Crippen LogP contribution in [0.3, 0.4) is 0 Å². The van der Waals surface area contributed by atoms with Crippen LogP contribution in [0.5, 0.6) is 0 Å². The Morgan fingerprint density at radius 2 is 2.08 bits per heavy atom. The average Bonchev–Trinajstić information content (AvgIpc) is 2.10. The molecule has 1 fully saturated rings. The van der Waals surface area contributed by atoms with Crippen molar-refractivity contribution in [2.75, 3.05) is 0 Å². The van der Waals surface area contributed by atoms with E-state index >= 15 is 0 Å². The molecular formula is C8H14O5. The summed E-state index contributed by atoms with van der Waals surface area (Å²) in [7, 11) is 0. The van der Waals surface area contributed by atoms with Crippen molar-refractivity contribution in [2.24, 2.45) is 0 Å². The van der Waals surface area contributed by atoms with Gasteiger partial charge in [-0.1, -0.05) is 6.92 Å². The lowest BCUT2D eigenvalue weighted by Crippen LogP contribution is -2.51. The standard InChI is InChI=1S/C8H14O5/c1-2-4(9)8-7(12)5(10)3-6(11)13-8/h5-8,10-12H,2-3H2,1H3/t5-,6-,7+,8-/m1/s1. The van der Waals surface area contributed by atoms with E-state index in [2.05, 4.69) is 0 Å². The van der Waals surface area contributed by atoms with Crippen molar-refractivity contribution in [1.82, 2.24) is 0 Å². The van der Waals surface area contributed by atoms with Crippen LogP contribution in [0.4, 0.5) is 0 Å². The molecule has 0 bridgehead atoms. The number of aliphatic hydroxyl groups excluding tert-OH is 3. The number of ether oxygens (including phenoxy) is 1. The van der Waals surface area contributed by atoms with Crippen LogP contribution in [0.25, 0.3) is 0 Å². The van der Waals surface area contributed by atoms with Gasteiger partial charge in [0.2, 0.25) is 0 Å². The molecule has 0 spiro atoms. The molecule has 1 saturated heterocycles. The van der Waals surface area contributed by atoms with Crippen LogP contribution in [0.2, 0.25) is 0 Å². The van der Waals surface area contributed by atoms with Crippen molar-refractivity contribution < 1.29 is 24.9 Å². The highest BCUT2D eigenvalue weighted by atomic mass is 16.6. The average molecular weight is 190 g/mol. The predicted molar refractivity (Wildman–Crippen MR) is 42.8 cm³/mol. The van der Waals surface area contributed by atoms with E-state index in [9.17, 15) is 15.0 Å². The van der Waals surface area contributed by atoms with Gasteiger partial charge in [-0.25, -0.2) is 0 Å². The number of rotatable bonds is 2. The molecule has 5 nitrogen and oxygen atoms in total. The van der Waals surface area contributed by atoms with E-state index in [1.807, 2.05) is 0 Å². The molecule has 0 aromatic heterocycles. The number of aliphatic hydroxyl groups is 3. The second-order valence-corrected chi connectivity index (χ2v) is 3.12. The molecule has 1 heterocycles. The summed E-state index contributed by atoms with van der Waals surface area (Å²) in [6.07, 6.45) is -4.43. The summed E-state index contributed by atoms with van der Waals surface area (Å²) in [5.74, 6) is -0.315. The molecule has 4 atom stereocenters. The smallest absolute Gasteiger partial charge is 0.164 e. The van der Waals surface area contributed by atoms with Gasteiger partial charge < -0.3 is 20.1 Å². The van der Waals surface area contributed by atoms with Crippen LogP contribution in [-0.4, -0.2) is 45.7 Å². The van der Waals surface area contributed by atoms with Gasteiger partial charge in [-0.15, -0.1) is 0 Å². The minimum absolute atomic E-state index is 0.0609. The summed E-state index contributed by atoms with van der Waals surface area (Å²) in [6.45, 7) is 1.63. The van der Waals surface area contributed by atoms with Crippen molar-refractivity contribution in [3.05, 3.63) is 0 Å². The van der Waals surface area contributed by atoms with E-state index in [-0.39, 0.29) is 18.6 Å². The van der Waals surface area contributed by atoms with Gasteiger partial charge >= 0.3 is 0 Å². The molecule has 0 unspecified atom stereocenters. The summed E-state index contributed by atoms with van der Waals surface area (Å²) in [5, 5.41) is 27.6. The molecule has 3 N–H and O–H groups in total. The van der Waals surface area contributed by atoms with Crippen LogP contribution in [0.15, 0.2) is 0 Å². The summed E-state index contributed by atoms with van der Waals surface area (Å²) in [6, 6.07) is 0. The number of hydrogen-bond donors (Lipinski definition) is 3. The first kappa shape index (κ1) is 10.6. The number of carbonyl (C=O) groups excluding carboxylic acids is 1. The second-order valence-electron chi connectivity index (χ2n) is 3.12. The maximum Gasteiger partial charge on any atom is 0.164 e. The summed E-state index contributed by atoms with van der Waals surface area (Å²) >= 11 is 0. The predicted octanol–water partition coefficient (Wildman–Crippen LogP) is -1.21.